The Labute approximate surface area is 168 Å². The fourth-order valence-corrected chi connectivity index (χ4v) is 3.40. The van der Waals surface area contributed by atoms with E-state index in [4.69, 9.17) is 16.3 Å². The Morgan fingerprint density at radius 2 is 1.79 bits per heavy atom. The zero-order valence-corrected chi connectivity index (χ0v) is 16.2. The minimum Gasteiger partial charge on any atom is -0.427 e. The maximum absolute atomic E-state index is 12.7. The van der Waals surface area contributed by atoms with Crippen molar-refractivity contribution in [3.63, 3.8) is 0 Å². The molecule has 0 spiro atoms. The molecule has 1 N–H and O–H groups in total. The lowest BCUT2D eigenvalue weighted by Gasteiger charge is -2.32. The van der Waals surface area contributed by atoms with Gasteiger partial charge in [-0.1, -0.05) is 29.8 Å². The fourth-order valence-electron chi connectivity index (χ4n) is 3.18. The summed E-state index contributed by atoms with van der Waals surface area (Å²) in [5.41, 5.74) is 0.919. The zero-order valence-electron chi connectivity index (χ0n) is 15.5. The standard InChI is InChI=1S/C21H21ClN2O4/c1-14(25)28-17-6-4-5-15(13-17)21(27)24-11-9-16(10-12-24)23-20(26)18-7-2-3-8-19(18)22/h2-8,13,16H,9-12H2,1H3,(H,23,26). The minimum absolute atomic E-state index is 0.0137. The zero-order chi connectivity index (χ0) is 20.1. The first kappa shape index (κ1) is 19.9. The number of likely N-dealkylation sites (tertiary alicyclic amines) is 1. The molecule has 1 fully saturated rings. The summed E-state index contributed by atoms with van der Waals surface area (Å²) in [5, 5.41) is 3.40. The largest absolute Gasteiger partial charge is 0.427 e. The van der Waals surface area contributed by atoms with Crippen molar-refractivity contribution in [1.29, 1.82) is 0 Å². The Hall–Kier alpha value is -2.86. The van der Waals surface area contributed by atoms with Gasteiger partial charge in [-0.3, -0.25) is 14.4 Å². The number of halogens is 1. The molecule has 0 saturated carbocycles. The summed E-state index contributed by atoms with van der Waals surface area (Å²) in [6.45, 7) is 2.38. The summed E-state index contributed by atoms with van der Waals surface area (Å²) in [5.74, 6) is -0.408. The predicted molar refractivity (Wildman–Crippen MR) is 106 cm³/mol. The Morgan fingerprint density at radius 3 is 2.46 bits per heavy atom. The summed E-state index contributed by atoms with van der Waals surface area (Å²) in [7, 11) is 0. The summed E-state index contributed by atoms with van der Waals surface area (Å²) in [6.07, 6.45) is 1.32. The van der Waals surface area contributed by atoms with Gasteiger partial charge in [-0.15, -0.1) is 0 Å². The molecule has 0 radical (unpaired) electrons. The van der Waals surface area contributed by atoms with Crippen LogP contribution in [0.3, 0.4) is 0 Å². The number of amides is 2. The topological polar surface area (TPSA) is 75.7 Å². The quantitative estimate of drug-likeness (QED) is 0.631. The van der Waals surface area contributed by atoms with Crippen molar-refractivity contribution in [2.45, 2.75) is 25.8 Å². The minimum atomic E-state index is -0.431. The molecule has 0 aromatic heterocycles. The molecular weight excluding hydrogens is 380 g/mol. The van der Waals surface area contributed by atoms with Crippen LogP contribution in [0.1, 0.15) is 40.5 Å². The van der Waals surface area contributed by atoms with Crippen LogP contribution in [0.15, 0.2) is 48.5 Å². The number of nitrogens with one attached hydrogen (secondary N) is 1. The van der Waals surface area contributed by atoms with Crippen LogP contribution in [0.2, 0.25) is 5.02 Å². The van der Waals surface area contributed by atoms with Gasteiger partial charge < -0.3 is 15.0 Å². The number of piperidine rings is 1. The molecular formula is C21H21ClN2O4. The predicted octanol–water partition coefficient (Wildman–Crippen LogP) is 3.30. The normalized spacial score (nSPS) is 14.4. The lowest BCUT2D eigenvalue weighted by molar-refractivity contribution is -0.131. The van der Waals surface area contributed by atoms with E-state index >= 15 is 0 Å². The number of ether oxygens (including phenoxy) is 1. The number of nitrogens with zero attached hydrogens (tertiary/aromatic N) is 1. The molecule has 2 aromatic carbocycles. The Kier molecular flexibility index (Phi) is 6.31. The van der Waals surface area contributed by atoms with Crippen molar-refractivity contribution in [2.75, 3.05) is 13.1 Å². The molecule has 0 aliphatic carbocycles. The van der Waals surface area contributed by atoms with Gasteiger partial charge in [0.2, 0.25) is 0 Å². The molecule has 7 heteroatoms. The van der Waals surface area contributed by atoms with Crippen LogP contribution >= 0.6 is 11.6 Å². The highest BCUT2D eigenvalue weighted by atomic mass is 35.5. The third-order valence-corrected chi connectivity index (χ3v) is 4.91. The van der Waals surface area contributed by atoms with E-state index in [9.17, 15) is 14.4 Å². The summed E-state index contributed by atoms with van der Waals surface area (Å²) >= 11 is 6.07. The van der Waals surface area contributed by atoms with Gasteiger partial charge in [-0.05, 0) is 43.2 Å². The van der Waals surface area contributed by atoms with Crippen LogP contribution < -0.4 is 10.1 Å². The molecule has 2 amide bonds. The van der Waals surface area contributed by atoms with Gasteiger partial charge >= 0.3 is 5.97 Å². The highest BCUT2D eigenvalue weighted by Crippen LogP contribution is 2.19. The molecule has 0 unspecified atom stereocenters. The second-order valence-electron chi connectivity index (χ2n) is 6.64. The average molecular weight is 401 g/mol. The number of benzene rings is 2. The molecule has 6 nitrogen and oxygen atoms in total. The second kappa shape index (κ2) is 8.89. The summed E-state index contributed by atoms with van der Waals surface area (Å²) in [4.78, 5) is 37.9. The Balaban J connectivity index is 1.56. The van der Waals surface area contributed by atoms with E-state index < -0.39 is 5.97 Å². The average Bonchev–Trinajstić information content (AvgIpc) is 2.68. The maximum atomic E-state index is 12.7. The van der Waals surface area contributed by atoms with Crippen LogP contribution in [-0.4, -0.2) is 41.8 Å². The van der Waals surface area contributed by atoms with Crippen molar-refractivity contribution in [3.05, 3.63) is 64.7 Å². The lowest BCUT2D eigenvalue weighted by Crippen LogP contribution is -2.46. The lowest BCUT2D eigenvalue weighted by atomic mass is 10.0. The molecule has 1 saturated heterocycles. The Bertz CT molecular complexity index is 891. The monoisotopic (exact) mass is 400 g/mol. The van der Waals surface area contributed by atoms with E-state index in [1.165, 1.54) is 6.92 Å². The van der Waals surface area contributed by atoms with Crippen molar-refractivity contribution in [2.24, 2.45) is 0 Å². The molecule has 0 atom stereocenters. The van der Waals surface area contributed by atoms with E-state index in [0.29, 0.717) is 47.8 Å². The first-order valence-electron chi connectivity index (χ1n) is 9.07. The number of carbonyl (C=O) groups is 3. The van der Waals surface area contributed by atoms with Crippen LogP contribution in [0.25, 0.3) is 0 Å². The molecule has 146 valence electrons. The van der Waals surface area contributed by atoms with Crippen LogP contribution in [0.4, 0.5) is 0 Å². The van der Waals surface area contributed by atoms with Gasteiger partial charge in [0, 0.05) is 31.6 Å². The van der Waals surface area contributed by atoms with Gasteiger partial charge in [0.1, 0.15) is 5.75 Å². The Morgan fingerprint density at radius 1 is 1.07 bits per heavy atom. The van der Waals surface area contributed by atoms with Gasteiger partial charge in [-0.25, -0.2) is 0 Å². The smallest absolute Gasteiger partial charge is 0.308 e. The fraction of sp³-hybridized carbons (Fsp3) is 0.286. The third-order valence-electron chi connectivity index (χ3n) is 4.58. The van der Waals surface area contributed by atoms with Crippen molar-refractivity contribution in [3.8, 4) is 5.75 Å². The number of carbonyl (C=O) groups excluding carboxylic acids is 3. The second-order valence-corrected chi connectivity index (χ2v) is 7.05. The number of esters is 1. The van der Waals surface area contributed by atoms with E-state index in [2.05, 4.69) is 5.32 Å². The maximum Gasteiger partial charge on any atom is 0.308 e. The van der Waals surface area contributed by atoms with E-state index in [0.717, 1.165) is 0 Å². The molecule has 1 heterocycles. The molecule has 1 aliphatic rings. The summed E-state index contributed by atoms with van der Waals surface area (Å²) in [6, 6.07) is 13.5. The highest BCUT2D eigenvalue weighted by molar-refractivity contribution is 6.33. The van der Waals surface area contributed by atoms with Crippen LogP contribution in [0, 0.1) is 0 Å². The molecule has 28 heavy (non-hydrogen) atoms. The SMILES string of the molecule is CC(=O)Oc1cccc(C(=O)N2CCC(NC(=O)c3ccccc3Cl)CC2)c1. The molecule has 0 bridgehead atoms. The highest BCUT2D eigenvalue weighted by Gasteiger charge is 2.25. The van der Waals surface area contributed by atoms with Crippen molar-refractivity contribution >= 4 is 29.4 Å². The summed E-state index contributed by atoms with van der Waals surface area (Å²) < 4.78 is 5.04. The molecule has 2 aromatic rings. The molecule has 1 aliphatic heterocycles. The van der Waals surface area contributed by atoms with Gasteiger partial charge in [0.05, 0.1) is 10.6 Å². The van der Waals surface area contributed by atoms with E-state index in [1.807, 2.05) is 0 Å². The molecule has 3 rings (SSSR count). The first-order valence-corrected chi connectivity index (χ1v) is 9.45. The number of hydrogen-bond acceptors (Lipinski definition) is 4. The number of rotatable bonds is 4. The van der Waals surface area contributed by atoms with Gasteiger partial charge in [0.25, 0.3) is 11.8 Å². The van der Waals surface area contributed by atoms with Crippen LogP contribution in [-0.2, 0) is 4.79 Å². The number of hydrogen-bond donors (Lipinski definition) is 1. The van der Waals surface area contributed by atoms with Crippen LogP contribution in [0.5, 0.6) is 5.75 Å². The first-order chi connectivity index (χ1) is 13.4. The van der Waals surface area contributed by atoms with E-state index in [1.54, 1.807) is 53.4 Å². The third kappa shape index (κ3) is 4.89. The van der Waals surface area contributed by atoms with Crippen molar-refractivity contribution < 1.29 is 19.1 Å². The van der Waals surface area contributed by atoms with E-state index in [-0.39, 0.29) is 17.9 Å². The van der Waals surface area contributed by atoms with Gasteiger partial charge in [-0.2, -0.15) is 0 Å². The van der Waals surface area contributed by atoms with Gasteiger partial charge in [0.15, 0.2) is 0 Å². The van der Waals surface area contributed by atoms with Crippen molar-refractivity contribution in [1.82, 2.24) is 10.2 Å².